The summed E-state index contributed by atoms with van der Waals surface area (Å²) in [7, 11) is 1.70. The van der Waals surface area contributed by atoms with E-state index in [0.29, 0.717) is 19.1 Å². The maximum absolute atomic E-state index is 6.03. The van der Waals surface area contributed by atoms with Gasteiger partial charge in [-0.3, -0.25) is 0 Å². The Labute approximate surface area is 160 Å². The first kappa shape index (κ1) is 18.7. The van der Waals surface area contributed by atoms with Crippen molar-refractivity contribution in [2.24, 2.45) is 10.7 Å². The average molecular weight is 437 g/mol. The van der Waals surface area contributed by atoms with Gasteiger partial charge in [-0.2, -0.15) is 0 Å². The third-order valence-electron chi connectivity index (χ3n) is 4.21. The number of anilines is 1. The predicted octanol–water partition coefficient (Wildman–Crippen LogP) is 3.87. The SMILES string of the molecule is COCc1ccccc1CN=C(N)Nc1ccc2c(c1)CCC2.I. The topological polar surface area (TPSA) is 59.6 Å². The Balaban J connectivity index is 0.00000208. The highest BCUT2D eigenvalue weighted by Gasteiger charge is 2.10. The zero-order chi connectivity index (χ0) is 16.1. The van der Waals surface area contributed by atoms with Crippen molar-refractivity contribution >= 4 is 35.6 Å². The molecule has 0 unspecified atom stereocenters. The molecule has 5 heteroatoms. The first-order valence-corrected chi connectivity index (χ1v) is 8.01. The minimum Gasteiger partial charge on any atom is -0.380 e. The monoisotopic (exact) mass is 437 g/mol. The Morgan fingerprint density at radius 2 is 1.88 bits per heavy atom. The molecule has 24 heavy (non-hydrogen) atoms. The normalized spacial score (nSPS) is 13.3. The molecule has 1 aliphatic rings. The second-order valence-corrected chi connectivity index (χ2v) is 5.87. The van der Waals surface area contributed by atoms with Gasteiger partial charge in [0, 0.05) is 12.8 Å². The van der Waals surface area contributed by atoms with E-state index in [0.717, 1.165) is 23.2 Å². The molecule has 0 atom stereocenters. The number of fused-ring (bicyclic) bond motifs is 1. The Morgan fingerprint density at radius 3 is 2.67 bits per heavy atom. The van der Waals surface area contributed by atoms with Crippen LogP contribution in [0.5, 0.6) is 0 Å². The standard InChI is InChI=1S/C19H23N3O.HI/c1-23-13-17-6-3-2-5-16(17)12-21-19(20)22-18-10-9-14-7-4-8-15(14)11-18;/h2-3,5-6,9-11H,4,7-8,12-13H2,1H3,(H3,20,21,22);1H. The van der Waals surface area contributed by atoms with Crippen LogP contribution < -0.4 is 11.1 Å². The second kappa shape index (κ2) is 9.03. The van der Waals surface area contributed by atoms with Crippen molar-refractivity contribution < 1.29 is 4.74 Å². The third kappa shape index (κ3) is 4.70. The van der Waals surface area contributed by atoms with E-state index < -0.39 is 0 Å². The molecule has 4 nitrogen and oxygen atoms in total. The number of halogens is 1. The van der Waals surface area contributed by atoms with Gasteiger partial charge in [0.15, 0.2) is 5.96 Å². The Kier molecular flexibility index (Phi) is 7.05. The lowest BCUT2D eigenvalue weighted by Crippen LogP contribution is -2.22. The van der Waals surface area contributed by atoms with E-state index in [1.165, 1.54) is 24.0 Å². The number of nitrogens with two attached hydrogens (primary N) is 1. The van der Waals surface area contributed by atoms with Crippen LogP contribution in [0.1, 0.15) is 28.7 Å². The lowest BCUT2D eigenvalue weighted by molar-refractivity contribution is 0.184. The zero-order valence-corrected chi connectivity index (χ0v) is 16.2. The van der Waals surface area contributed by atoms with Crippen molar-refractivity contribution in [2.45, 2.75) is 32.4 Å². The fourth-order valence-electron chi connectivity index (χ4n) is 3.02. The van der Waals surface area contributed by atoms with E-state index in [2.05, 4.69) is 40.6 Å². The Morgan fingerprint density at radius 1 is 1.12 bits per heavy atom. The summed E-state index contributed by atoms with van der Waals surface area (Å²) >= 11 is 0. The quantitative estimate of drug-likeness (QED) is 0.424. The molecule has 0 saturated heterocycles. The summed E-state index contributed by atoms with van der Waals surface area (Å²) in [6.45, 7) is 1.13. The molecule has 0 spiro atoms. The van der Waals surface area contributed by atoms with Crippen molar-refractivity contribution in [2.75, 3.05) is 12.4 Å². The van der Waals surface area contributed by atoms with E-state index in [1.54, 1.807) is 7.11 Å². The van der Waals surface area contributed by atoms with Crippen LogP contribution in [0.4, 0.5) is 5.69 Å². The molecule has 0 amide bonds. The minimum absolute atomic E-state index is 0. The number of rotatable bonds is 5. The maximum Gasteiger partial charge on any atom is 0.193 e. The van der Waals surface area contributed by atoms with Crippen LogP contribution in [0.15, 0.2) is 47.5 Å². The van der Waals surface area contributed by atoms with E-state index in [-0.39, 0.29) is 24.0 Å². The van der Waals surface area contributed by atoms with E-state index in [1.807, 2.05) is 12.1 Å². The highest BCUT2D eigenvalue weighted by atomic mass is 127. The lowest BCUT2D eigenvalue weighted by atomic mass is 10.1. The van der Waals surface area contributed by atoms with E-state index >= 15 is 0 Å². The Hall–Kier alpha value is -1.60. The van der Waals surface area contributed by atoms with Gasteiger partial charge in [-0.25, -0.2) is 4.99 Å². The van der Waals surface area contributed by atoms with Gasteiger partial charge in [0.1, 0.15) is 0 Å². The van der Waals surface area contributed by atoms with Gasteiger partial charge >= 0.3 is 0 Å². The molecular weight excluding hydrogens is 413 g/mol. The molecule has 0 radical (unpaired) electrons. The molecule has 0 fully saturated rings. The smallest absolute Gasteiger partial charge is 0.193 e. The summed E-state index contributed by atoms with van der Waals surface area (Å²) in [6, 6.07) is 14.6. The molecule has 1 aliphatic carbocycles. The molecule has 3 rings (SSSR count). The first-order chi connectivity index (χ1) is 11.3. The molecule has 0 bridgehead atoms. The van der Waals surface area contributed by atoms with Crippen molar-refractivity contribution in [3.63, 3.8) is 0 Å². The fraction of sp³-hybridized carbons (Fsp3) is 0.316. The molecule has 128 valence electrons. The minimum atomic E-state index is 0. The van der Waals surface area contributed by atoms with Crippen LogP contribution in [-0.2, 0) is 30.7 Å². The number of hydrogen-bond acceptors (Lipinski definition) is 2. The summed E-state index contributed by atoms with van der Waals surface area (Å²) < 4.78 is 5.22. The lowest BCUT2D eigenvalue weighted by Gasteiger charge is -2.09. The number of methoxy groups -OCH3 is 1. The van der Waals surface area contributed by atoms with Gasteiger partial charge in [0.05, 0.1) is 13.2 Å². The van der Waals surface area contributed by atoms with Crippen molar-refractivity contribution in [3.8, 4) is 0 Å². The van der Waals surface area contributed by atoms with Gasteiger partial charge in [-0.1, -0.05) is 30.3 Å². The van der Waals surface area contributed by atoms with Gasteiger partial charge in [-0.15, -0.1) is 24.0 Å². The Bertz CT molecular complexity index is 716. The number of guanidine groups is 1. The number of ether oxygens (including phenoxy) is 1. The van der Waals surface area contributed by atoms with Crippen molar-refractivity contribution in [3.05, 3.63) is 64.7 Å². The first-order valence-electron chi connectivity index (χ1n) is 8.01. The molecular formula is C19H24IN3O. The van der Waals surface area contributed by atoms with Crippen LogP contribution in [0.3, 0.4) is 0 Å². The molecule has 0 aromatic heterocycles. The fourth-order valence-corrected chi connectivity index (χ4v) is 3.02. The summed E-state index contributed by atoms with van der Waals surface area (Å²) in [4.78, 5) is 4.45. The van der Waals surface area contributed by atoms with Crippen LogP contribution in [0, 0.1) is 0 Å². The van der Waals surface area contributed by atoms with Gasteiger partial charge in [0.2, 0.25) is 0 Å². The maximum atomic E-state index is 6.03. The summed E-state index contributed by atoms with van der Waals surface area (Å²) in [5.74, 6) is 0.440. The summed E-state index contributed by atoms with van der Waals surface area (Å²) in [5.41, 5.74) is 12.2. The average Bonchev–Trinajstić information content (AvgIpc) is 3.02. The van der Waals surface area contributed by atoms with E-state index in [4.69, 9.17) is 10.5 Å². The highest BCUT2D eigenvalue weighted by molar-refractivity contribution is 14.0. The van der Waals surface area contributed by atoms with Crippen molar-refractivity contribution in [1.82, 2.24) is 0 Å². The second-order valence-electron chi connectivity index (χ2n) is 5.87. The van der Waals surface area contributed by atoms with Crippen LogP contribution >= 0.6 is 24.0 Å². The van der Waals surface area contributed by atoms with Crippen LogP contribution in [0.25, 0.3) is 0 Å². The largest absolute Gasteiger partial charge is 0.380 e. The number of nitrogens with zero attached hydrogens (tertiary/aromatic N) is 1. The highest BCUT2D eigenvalue weighted by Crippen LogP contribution is 2.24. The van der Waals surface area contributed by atoms with Crippen LogP contribution in [0.2, 0.25) is 0 Å². The van der Waals surface area contributed by atoms with E-state index in [9.17, 15) is 0 Å². The predicted molar refractivity (Wildman–Crippen MR) is 110 cm³/mol. The number of aliphatic imine (C=N–C) groups is 1. The molecule has 2 aromatic carbocycles. The number of benzene rings is 2. The summed E-state index contributed by atoms with van der Waals surface area (Å²) in [6.07, 6.45) is 3.60. The van der Waals surface area contributed by atoms with Crippen LogP contribution in [-0.4, -0.2) is 13.1 Å². The zero-order valence-electron chi connectivity index (χ0n) is 13.9. The molecule has 0 aliphatic heterocycles. The third-order valence-corrected chi connectivity index (χ3v) is 4.21. The van der Waals surface area contributed by atoms with Gasteiger partial charge < -0.3 is 15.8 Å². The summed E-state index contributed by atoms with van der Waals surface area (Å²) in [5, 5.41) is 3.19. The van der Waals surface area contributed by atoms with Gasteiger partial charge in [0.25, 0.3) is 0 Å². The van der Waals surface area contributed by atoms with Gasteiger partial charge in [-0.05, 0) is 53.6 Å². The molecule has 0 heterocycles. The molecule has 2 aromatic rings. The van der Waals surface area contributed by atoms with Crippen molar-refractivity contribution in [1.29, 1.82) is 0 Å². The molecule has 0 saturated carbocycles. The number of aryl methyl sites for hydroxylation is 2. The molecule has 3 N–H and O–H groups in total. The number of hydrogen-bond donors (Lipinski definition) is 2. The number of nitrogens with one attached hydrogen (secondary N) is 1.